The zero-order chi connectivity index (χ0) is 42.3. The molecule has 4 aromatic rings. The fourth-order valence-corrected chi connectivity index (χ4v) is 8.27. The summed E-state index contributed by atoms with van der Waals surface area (Å²) in [5.41, 5.74) is 3.50. The van der Waals surface area contributed by atoms with Gasteiger partial charge in [-0.2, -0.15) is 0 Å². The van der Waals surface area contributed by atoms with Crippen molar-refractivity contribution in [2.24, 2.45) is 5.92 Å². The quantitative estimate of drug-likeness (QED) is 0.0951. The first-order valence-electron chi connectivity index (χ1n) is 21.0. The lowest BCUT2D eigenvalue weighted by Gasteiger charge is -2.33. The minimum atomic E-state index is -0.957. The smallest absolute Gasteiger partial charge is 0.246 e. The van der Waals surface area contributed by atoms with E-state index in [1.54, 1.807) is 24.3 Å². The summed E-state index contributed by atoms with van der Waals surface area (Å²) in [6, 6.07) is 28.0. The molecule has 14 heteroatoms. The monoisotopic (exact) mass is 815 g/mol. The largest absolute Gasteiger partial charge is 0.356 e. The summed E-state index contributed by atoms with van der Waals surface area (Å²) in [5, 5.41) is 15.1. The number of nitrogens with one attached hydrogen (secondary N) is 5. The molecule has 2 fully saturated rings. The maximum absolute atomic E-state index is 14.7. The third-order valence-corrected chi connectivity index (χ3v) is 11.4. The molecule has 2 aromatic heterocycles. The van der Waals surface area contributed by atoms with Gasteiger partial charge in [-0.1, -0.05) is 79.7 Å². The van der Waals surface area contributed by atoms with Gasteiger partial charge in [-0.15, -0.1) is 0 Å². The number of carbonyl (C=O) groups excluding carboxylic acids is 5. The van der Waals surface area contributed by atoms with Crippen molar-refractivity contribution in [1.29, 1.82) is 0 Å². The van der Waals surface area contributed by atoms with Crippen LogP contribution in [0.25, 0.3) is 0 Å². The van der Waals surface area contributed by atoms with E-state index < -0.39 is 30.1 Å². The first kappa shape index (κ1) is 43.6. The predicted octanol–water partition coefficient (Wildman–Crippen LogP) is 3.26. The van der Waals surface area contributed by atoms with Crippen LogP contribution < -0.4 is 26.6 Å². The Balaban J connectivity index is 1.08. The Morgan fingerprint density at radius 1 is 0.767 bits per heavy atom. The van der Waals surface area contributed by atoms with E-state index in [1.807, 2.05) is 109 Å². The highest BCUT2D eigenvalue weighted by atomic mass is 16.2. The summed E-state index contributed by atoms with van der Waals surface area (Å²) in [4.78, 5) is 81.1. The van der Waals surface area contributed by atoms with Gasteiger partial charge >= 0.3 is 0 Å². The number of rotatable bonds is 19. The number of carbonyl (C=O) groups is 5. The number of hydrogen-bond donors (Lipinski definition) is 5. The Bertz CT molecular complexity index is 1920. The fraction of sp³-hybridized carbons (Fsp3) is 0.413. The molecule has 0 bridgehead atoms. The minimum absolute atomic E-state index is 0.0303. The van der Waals surface area contributed by atoms with E-state index >= 15 is 0 Å². The van der Waals surface area contributed by atoms with Gasteiger partial charge < -0.3 is 31.5 Å². The maximum atomic E-state index is 14.7. The summed E-state index contributed by atoms with van der Waals surface area (Å²) in [7, 11) is 1.70. The van der Waals surface area contributed by atoms with Crippen LogP contribution in [0, 0.1) is 5.92 Å². The molecule has 5 N–H and O–H groups in total. The number of amides is 5. The molecule has 316 valence electrons. The Kier molecular flexibility index (Phi) is 15.9. The average Bonchev–Trinajstić information content (AvgIpc) is 3.65. The molecule has 2 saturated heterocycles. The normalized spacial score (nSPS) is 19.3. The Labute approximate surface area is 352 Å². The molecular weight excluding hydrogens is 759 g/mol. The van der Waals surface area contributed by atoms with Crippen LogP contribution in [0.1, 0.15) is 74.0 Å². The van der Waals surface area contributed by atoms with Crippen LogP contribution in [-0.4, -0.2) is 100 Å². The van der Waals surface area contributed by atoms with Crippen LogP contribution >= 0.6 is 0 Å². The molecule has 5 atom stereocenters. The topological polar surface area (TPSA) is 178 Å². The standard InChI is InChI=1S/C46H57N9O5/c1-3-38(47-2)44(58)53-43-34(28-51-40(56)24-27-50-41(57)31-54(29-35-18-10-12-25-48-35)30-36-19-11-13-26-49-36)20-21-37-22-23-39(55(37)46(43)60)45(59)52-42(32-14-6-4-7-15-32)33-16-8-5-9-17-33/h4-19,25-26,34,37-39,42-43,47H,3,20-24,27-31H2,1-2H3,(H,50,57)(H,51,56)(H,52,59)(H,53,58)/t34-,37+,38+,39+,43+/m1/s1. The lowest BCUT2D eigenvalue weighted by Crippen LogP contribution is -2.59. The molecule has 2 aliphatic heterocycles. The molecule has 0 aliphatic carbocycles. The van der Waals surface area contributed by atoms with Crippen molar-refractivity contribution in [2.45, 2.75) is 88.7 Å². The highest BCUT2D eigenvalue weighted by molar-refractivity contribution is 5.94. The molecule has 0 radical (unpaired) electrons. The Morgan fingerprint density at radius 3 is 1.93 bits per heavy atom. The third kappa shape index (κ3) is 11.8. The predicted molar refractivity (Wildman–Crippen MR) is 228 cm³/mol. The maximum Gasteiger partial charge on any atom is 0.246 e. The molecule has 2 aromatic carbocycles. The number of likely N-dealkylation sites (N-methyl/N-ethyl adjacent to an activating group) is 1. The summed E-state index contributed by atoms with van der Waals surface area (Å²) >= 11 is 0. The van der Waals surface area contributed by atoms with Crippen LogP contribution in [0.15, 0.2) is 109 Å². The van der Waals surface area contributed by atoms with Gasteiger partial charge in [-0.05, 0) is 74.5 Å². The van der Waals surface area contributed by atoms with Gasteiger partial charge in [0.25, 0.3) is 0 Å². The van der Waals surface area contributed by atoms with Gasteiger partial charge in [-0.25, -0.2) is 0 Å². The number of aromatic nitrogens is 2. The number of nitrogens with zero attached hydrogens (tertiary/aromatic N) is 4. The molecule has 60 heavy (non-hydrogen) atoms. The molecule has 6 rings (SSSR count). The minimum Gasteiger partial charge on any atom is -0.356 e. The number of hydrogen-bond acceptors (Lipinski definition) is 9. The highest BCUT2D eigenvalue weighted by Gasteiger charge is 2.48. The van der Waals surface area contributed by atoms with Gasteiger partial charge in [0, 0.05) is 57.0 Å². The molecule has 0 saturated carbocycles. The summed E-state index contributed by atoms with van der Waals surface area (Å²) < 4.78 is 0. The Morgan fingerprint density at radius 2 is 1.37 bits per heavy atom. The van der Waals surface area contributed by atoms with Crippen LogP contribution in [0.2, 0.25) is 0 Å². The third-order valence-electron chi connectivity index (χ3n) is 11.4. The number of benzene rings is 2. The van der Waals surface area contributed by atoms with Crippen LogP contribution in [0.3, 0.4) is 0 Å². The second-order valence-corrected chi connectivity index (χ2v) is 15.5. The van der Waals surface area contributed by atoms with Gasteiger partial charge in [0.1, 0.15) is 12.1 Å². The van der Waals surface area contributed by atoms with E-state index in [4.69, 9.17) is 0 Å². The zero-order valence-corrected chi connectivity index (χ0v) is 34.5. The van der Waals surface area contributed by atoms with Crippen LogP contribution in [0.5, 0.6) is 0 Å². The molecule has 14 nitrogen and oxygen atoms in total. The van der Waals surface area contributed by atoms with E-state index in [2.05, 4.69) is 36.6 Å². The van der Waals surface area contributed by atoms with E-state index in [9.17, 15) is 24.0 Å². The second kappa shape index (κ2) is 21.9. The van der Waals surface area contributed by atoms with Crippen LogP contribution in [-0.2, 0) is 37.1 Å². The van der Waals surface area contributed by atoms with E-state index in [0.29, 0.717) is 45.2 Å². The molecular formula is C46H57N9O5. The Hall–Kier alpha value is -5.99. The van der Waals surface area contributed by atoms with E-state index in [-0.39, 0.29) is 61.6 Å². The van der Waals surface area contributed by atoms with Gasteiger partial charge in [0.15, 0.2) is 0 Å². The summed E-state index contributed by atoms with van der Waals surface area (Å²) in [5.74, 6) is -1.83. The van der Waals surface area contributed by atoms with Crippen molar-refractivity contribution in [1.82, 2.24) is 46.4 Å². The van der Waals surface area contributed by atoms with Crippen molar-refractivity contribution in [2.75, 3.05) is 26.7 Å². The van der Waals surface area contributed by atoms with E-state index in [0.717, 1.165) is 22.5 Å². The van der Waals surface area contributed by atoms with Crippen LogP contribution in [0.4, 0.5) is 0 Å². The number of pyridine rings is 2. The second-order valence-electron chi connectivity index (χ2n) is 15.5. The fourth-order valence-electron chi connectivity index (χ4n) is 8.27. The molecule has 5 amide bonds. The van der Waals surface area contributed by atoms with E-state index in [1.165, 1.54) is 0 Å². The lowest BCUT2D eigenvalue weighted by molar-refractivity contribution is -0.143. The first-order valence-corrected chi connectivity index (χ1v) is 21.0. The van der Waals surface area contributed by atoms with Crippen molar-refractivity contribution < 1.29 is 24.0 Å². The van der Waals surface area contributed by atoms with Crippen molar-refractivity contribution in [3.63, 3.8) is 0 Å². The summed E-state index contributed by atoms with van der Waals surface area (Å²) in [6.45, 7) is 3.13. The molecule has 0 spiro atoms. The first-order chi connectivity index (χ1) is 29.2. The molecule has 2 aliphatic rings. The number of fused-ring (bicyclic) bond motifs is 1. The average molecular weight is 816 g/mol. The summed E-state index contributed by atoms with van der Waals surface area (Å²) in [6.07, 6.45) is 6.30. The van der Waals surface area contributed by atoms with Crippen molar-refractivity contribution >= 4 is 29.5 Å². The van der Waals surface area contributed by atoms with Gasteiger partial charge in [-0.3, -0.25) is 38.8 Å². The van der Waals surface area contributed by atoms with Crippen molar-refractivity contribution in [3.8, 4) is 0 Å². The molecule has 4 heterocycles. The van der Waals surface area contributed by atoms with Gasteiger partial charge in [0.05, 0.1) is 30.0 Å². The zero-order valence-electron chi connectivity index (χ0n) is 34.5. The van der Waals surface area contributed by atoms with Gasteiger partial charge in [0.2, 0.25) is 29.5 Å². The molecule has 0 unspecified atom stereocenters. The lowest BCUT2D eigenvalue weighted by atomic mass is 9.92. The SMILES string of the molecule is CC[C@H](NC)C(=O)N[C@@H]1C(=O)N2[C@@H](CC[C@@H]1CNC(=O)CCNC(=O)CN(Cc1ccccn1)Cc1ccccn1)CC[C@H]2C(=O)NC(c1ccccc1)c1ccccc1. The highest BCUT2D eigenvalue weighted by Crippen LogP contribution is 2.35. The van der Waals surface area contributed by atoms with Crippen molar-refractivity contribution in [3.05, 3.63) is 132 Å².